The molecule has 104 valence electrons. The van der Waals surface area contributed by atoms with Crippen LogP contribution >= 0.6 is 11.3 Å². The second-order valence-corrected chi connectivity index (χ2v) is 6.73. The highest BCUT2D eigenvalue weighted by molar-refractivity contribution is 7.91. The summed E-state index contributed by atoms with van der Waals surface area (Å²) in [6.45, 7) is 4.13. The summed E-state index contributed by atoms with van der Waals surface area (Å²) in [6, 6.07) is 0. The maximum Gasteiger partial charge on any atom is 0.305 e. The molecular weight excluding hydrogens is 290 g/mol. The zero-order valence-corrected chi connectivity index (χ0v) is 12.0. The first-order chi connectivity index (χ1) is 8.94. The SMILES string of the molecule is CCn1cnnc1CNS(=O)(=O)c1sc(=O)[nH]c1C. The molecule has 2 aromatic rings. The Morgan fingerprint density at radius 2 is 2.26 bits per heavy atom. The predicted octanol–water partition coefficient (Wildman–Crippen LogP) is -0.165. The van der Waals surface area contributed by atoms with Gasteiger partial charge in [-0.2, -0.15) is 0 Å². The Kier molecular flexibility index (Phi) is 3.83. The minimum atomic E-state index is -3.72. The number of aryl methyl sites for hydroxylation is 2. The molecule has 0 aliphatic rings. The molecule has 2 N–H and O–H groups in total. The Morgan fingerprint density at radius 3 is 2.84 bits per heavy atom. The number of nitrogens with one attached hydrogen (secondary N) is 2. The molecule has 0 spiro atoms. The molecule has 8 nitrogen and oxygen atoms in total. The van der Waals surface area contributed by atoms with Gasteiger partial charge < -0.3 is 9.55 Å². The molecule has 0 radical (unpaired) electrons. The lowest BCUT2D eigenvalue weighted by atomic mass is 10.6. The van der Waals surface area contributed by atoms with Crippen molar-refractivity contribution < 1.29 is 8.42 Å². The molecule has 0 aliphatic carbocycles. The zero-order valence-electron chi connectivity index (χ0n) is 10.4. The Balaban J connectivity index is 2.19. The van der Waals surface area contributed by atoms with Crippen LogP contribution in [0.25, 0.3) is 0 Å². The number of H-pyrrole nitrogens is 1. The molecule has 2 aromatic heterocycles. The summed E-state index contributed by atoms with van der Waals surface area (Å²) in [6.07, 6.45) is 1.53. The van der Waals surface area contributed by atoms with E-state index in [1.54, 1.807) is 11.5 Å². The fourth-order valence-corrected chi connectivity index (χ4v) is 3.88. The lowest BCUT2D eigenvalue weighted by Crippen LogP contribution is -2.24. The van der Waals surface area contributed by atoms with Crippen LogP contribution in [0.2, 0.25) is 0 Å². The minimum Gasteiger partial charge on any atom is -0.317 e. The van der Waals surface area contributed by atoms with Crippen molar-refractivity contribution in [1.29, 1.82) is 0 Å². The van der Waals surface area contributed by atoms with Crippen LogP contribution in [0.5, 0.6) is 0 Å². The first kappa shape index (κ1) is 13.9. The third kappa shape index (κ3) is 2.91. The number of aromatic nitrogens is 4. The molecule has 0 amide bonds. The molecule has 0 atom stereocenters. The Bertz CT molecular complexity index is 727. The van der Waals surface area contributed by atoms with E-state index in [4.69, 9.17) is 0 Å². The van der Waals surface area contributed by atoms with Gasteiger partial charge in [0.2, 0.25) is 0 Å². The van der Waals surface area contributed by atoms with Crippen molar-refractivity contribution in [1.82, 2.24) is 24.5 Å². The number of nitrogens with zero attached hydrogens (tertiary/aromatic N) is 3. The fraction of sp³-hybridized carbons (Fsp3) is 0.444. The third-order valence-electron chi connectivity index (χ3n) is 2.48. The number of sulfonamides is 1. The molecule has 2 heterocycles. The molecule has 10 heteroatoms. The van der Waals surface area contributed by atoms with E-state index in [0.29, 0.717) is 29.4 Å². The number of hydrogen-bond donors (Lipinski definition) is 2. The summed E-state index contributed by atoms with van der Waals surface area (Å²) >= 11 is 0.664. The molecule has 0 saturated heterocycles. The molecule has 0 aliphatic heterocycles. The van der Waals surface area contributed by atoms with Gasteiger partial charge in [-0.1, -0.05) is 11.3 Å². The van der Waals surface area contributed by atoms with Gasteiger partial charge in [-0.15, -0.1) is 10.2 Å². The van der Waals surface area contributed by atoms with Gasteiger partial charge in [-0.25, -0.2) is 13.1 Å². The van der Waals surface area contributed by atoms with Crippen LogP contribution in [-0.4, -0.2) is 28.2 Å². The average molecular weight is 303 g/mol. The van der Waals surface area contributed by atoms with Crippen LogP contribution in [0.3, 0.4) is 0 Å². The van der Waals surface area contributed by atoms with Crippen LogP contribution in [0.4, 0.5) is 0 Å². The van der Waals surface area contributed by atoms with E-state index in [9.17, 15) is 13.2 Å². The van der Waals surface area contributed by atoms with Gasteiger partial charge in [0.15, 0.2) is 4.21 Å². The highest BCUT2D eigenvalue weighted by Gasteiger charge is 2.21. The van der Waals surface area contributed by atoms with Gasteiger partial charge in [0.25, 0.3) is 10.0 Å². The fourth-order valence-electron chi connectivity index (χ4n) is 1.55. The molecule has 0 aromatic carbocycles. The van der Waals surface area contributed by atoms with Crippen molar-refractivity contribution in [2.45, 2.75) is 31.1 Å². The smallest absolute Gasteiger partial charge is 0.305 e. The molecule has 19 heavy (non-hydrogen) atoms. The maximum absolute atomic E-state index is 12.0. The van der Waals surface area contributed by atoms with Crippen molar-refractivity contribution >= 4 is 21.4 Å². The highest BCUT2D eigenvalue weighted by atomic mass is 32.2. The lowest BCUT2D eigenvalue weighted by molar-refractivity contribution is 0.576. The minimum absolute atomic E-state index is 0.0000591. The number of thiazole rings is 1. The van der Waals surface area contributed by atoms with E-state index in [2.05, 4.69) is 19.9 Å². The summed E-state index contributed by atoms with van der Waals surface area (Å²) < 4.78 is 28.2. The third-order valence-corrected chi connectivity index (χ3v) is 5.49. The van der Waals surface area contributed by atoms with E-state index in [1.165, 1.54) is 6.33 Å². The maximum atomic E-state index is 12.0. The molecule has 0 bridgehead atoms. The molecule has 2 rings (SSSR count). The molecule has 0 saturated carbocycles. The van der Waals surface area contributed by atoms with Gasteiger partial charge in [0.05, 0.1) is 6.54 Å². The second-order valence-electron chi connectivity index (χ2n) is 3.78. The van der Waals surface area contributed by atoms with Gasteiger partial charge >= 0.3 is 4.87 Å². The molecular formula is C9H13N5O3S2. The van der Waals surface area contributed by atoms with Gasteiger partial charge in [0, 0.05) is 12.2 Å². The van der Waals surface area contributed by atoms with Crippen LogP contribution in [0, 0.1) is 6.92 Å². The summed E-state index contributed by atoms with van der Waals surface area (Å²) in [4.78, 5) is 13.2. The molecule has 0 unspecified atom stereocenters. The van der Waals surface area contributed by atoms with Crippen molar-refractivity contribution in [2.24, 2.45) is 0 Å². The number of rotatable bonds is 5. The molecule has 0 fully saturated rings. The van der Waals surface area contributed by atoms with E-state index < -0.39 is 14.9 Å². The Morgan fingerprint density at radius 1 is 1.53 bits per heavy atom. The lowest BCUT2D eigenvalue weighted by Gasteiger charge is -2.05. The van der Waals surface area contributed by atoms with Crippen LogP contribution in [0.1, 0.15) is 18.4 Å². The number of aromatic amines is 1. The topological polar surface area (TPSA) is 110 Å². The van der Waals surface area contributed by atoms with Crippen molar-refractivity contribution in [3.05, 3.63) is 27.5 Å². The van der Waals surface area contributed by atoms with Crippen LogP contribution in [0.15, 0.2) is 15.3 Å². The monoisotopic (exact) mass is 303 g/mol. The van der Waals surface area contributed by atoms with Crippen molar-refractivity contribution in [3.8, 4) is 0 Å². The summed E-state index contributed by atoms with van der Waals surface area (Å²) in [5, 5.41) is 7.54. The van der Waals surface area contributed by atoms with Crippen molar-refractivity contribution in [2.75, 3.05) is 0 Å². The van der Waals surface area contributed by atoms with Crippen LogP contribution < -0.4 is 9.60 Å². The number of hydrogen-bond acceptors (Lipinski definition) is 6. The van der Waals surface area contributed by atoms with Crippen molar-refractivity contribution in [3.63, 3.8) is 0 Å². The van der Waals surface area contributed by atoms with Gasteiger partial charge in [-0.3, -0.25) is 4.79 Å². The van der Waals surface area contributed by atoms with E-state index in [0.717, 1.165) is 0 Å². The normalized spacial score (nSPS) is 11.9. The summed E-state index contributed by atoms with van der Waals surface area (Å²) in [5.41, 5.74) is 0.333. The van der Waals surface area contributed by atoms with Crippen LogP contribution in [-0.2, 0) is 23.1 Å². The van der Waals surface area contributed by atoms with E-state index in [-0.39, 0.29) is 10.8 Å². The second kappa shape index (κ2) is 5.23. The first-order valence-corrected chi connectivity index (χ1v) is 7.80. The standard InChI is InChI=1S/C9H13N5O3S2/c1-3-14-5-10-13-7(14)4-11-19(16,17)8-6(2)12-9(15)18-8/h5,11H,3-4H2,1-2H3,(H,12,15). The largest absolute Gasteiger partial charge is 0.317 e. The predicted molar refractivity (Wildman–Crippen MR) is 69.4 cm³/mol. The highest BCUT2D eigenvalue weighted by Crippen LogP contribution is 2.15. The zero-order chi connectivity index (χ0) is 14.0. The average Bonchev–Trinajstić information content (AvgIpc) is 2.93. The van der Waals surface area contributed by atoms with Gasteiger partial charge in [0.1, 0.15) is 12.2 Å². The van der Waals surface area contributed by atoms with E-state index in [1.807, 2.05) is 6.92 Å². The summed E-state index contributed by atoms with van der Waals surface area (Å²) in [7, 11) is -3.72. The summed E-state index contributed by atoms with van der Waals surface area (Å²) in [5.74, 6) is 0.520. The Labute approximate surface area is 113 Å². The Hall–Kier alpha value is -1.52. The van der Waals surface area contributed by atoms with E-state index >= 15 is 0 Å². The first-order valence-electron chi connectivity index (χ1n) is 5.50. The van der Waals surface area contributed by atoms with Gasteiger partial charge in [-0.05, 0) is 13.8 Å². The quantitative estimate of drug-likeness (QED) is 0.797.